The average molecular weight is 289 g/mol. The number of fused-ring (bicyclic) bond motifs is 1. The van der Waals surface area contributed by atoms with Gasteiger partial charge >= 0.3 is 0 Å². The van der Waals surface area contributed by atoms with Crippen LogP contribution in [0.3, 0.4) is 0 Å². The van der Waals surface area contributed by atoms with E-state index in [1.807, 2.05) is 35.6 Å². The molecule has 0 fully saturated rings. The predicted octanol–water partition coefficient (Wildman–Crippen LogP) is 2.85. The molecule has 5 nitrogen and oxygen atoms in total. The molecule has 6 heteroatoms. The molecule has 0 saturated heterocycles. The first-order valence-electron chi connectivity index (χ1n) is 6.12. The van der Waals surface area contributed by atoms with E-state index >= 15 is 0 Å². The zero-order chi connectivity index (χ0) is 14.1. The van der Waals surface area contributed by atoms with Gasteiger partial charge in [0.05, 0.1) is 5.02 Å². The van der Waals surface area contributed by atoms with Gasteiger partial charge in [0.15, 0.2) is 11.5 Å². The molecular formula is C14H13ClN4O. The second kappa shape index (κ2) is 5.02. The van der Waals surface area contributed by atoms with Crippen LogP contribution in [0.1, 0.15) is 11.4 Å². The van der Waals surface area contributed by atoms with E-state index in [-0.39, 0.29) is 6.61 Å². The van der Waals surface area contributed by atoms with E-state index in [0.717, 1.165) is 11.2 Å². The van der Waals surface area contributed by atoms with Gasteiger partial charge in [0.2, 0.25) is 0 Å². The first-order valence-corrected chi connectivity index (χ1v) is 6.50. The largest absolute Gasteiger partial charge is 0.484 e. The van der Waals surface area contributed by atoms with Gasteiger partial charge < -0.3 is 10.5 Å². The minimum atomic E-state index is 0.272. The molecule has 0 aliphatic rings. The second-order valence-electron chi connectivity index (χ2n) is 4.49. The maximum absolute atomic E-state index is 6.05. The molecule has 0 unspecified atom stereocenters. The molecule has 2 N–H and O–H groups in total. The normalized spacial score (nSPS) is 10.9. The Morgan fingerprint density at radius 3 is 2.90 bits per heavy atom. The quantitative estimate of drug-likeness (QED) is 0.805. The Hall–Kier alpha value is -2.27. The fraction of sp³-hybridized carbons (Fsp3) is 0.143. The van der Waals surface area contributed by atoms with Crippen LogP contribution in [0.2, 0.25) is 5.02 Å². The lowest BCUT2D eigenvalue weighted by Crippen LogP contribution is -2.03. The summed E-state index contributed by atoms with van der Waals surface area (Å²) >= 11 is 6.05. The minimum absolute atomic E-state index is 0.272. The highest BCUT2D eigenvalue weighted by Crippen LogP contribution is 2.24. The molecule has 2 aromatic heterocycles. The van der Waals surface area contributed by atoms with Gasteiger partial charge in [0.25, 0.3) is 0 Å². The van der Waals surface area contributed by atoms with Crippen molar-refractivity contribution in [3.63, 3.8) is 0 Å². The zero-order valence-corrected chi connectivity index (χ0v) is 11.6. The molecule has 0 aliphatic carbocycles. The van der Waals surface area contributed by atoms with Crippen LogP contribution in [0.25, 0.3) is 5.65 Å². The third-order valence-electron chi connectivity index (χ3n) is 2.97. The monoisotopic (exact) mass is 288 g/mol. The number of rotatable bonds is 3. The summed E-state index contributed by atoms with van der Waals surface area (Å²) in [5.41, 5.74) is 8.26. The van der Waals surface area contributed by atoms with Crippen molar-refractivity contribution >= 4 is 22.9 Å². The number of para-hydroxylation sites is 1. The predicted molar refractivity (Wildman–Crippen MR) is 77.9 cm³/mol. The molecule has 3 aromatic rings. The van der Waals surface area contributed by atoms with Gasteiger partial charge in [-0.15, -0.1) is 10.2 Å². The lowest BCUT2D eigenvalue weighted by molar-refractivity contribution is 0.294. The molecule has 0 spiro atoms. The molecule has 0 saturated carbocycles. The van der Waals surface area contributed by atoms with Crippen molar-refractivity contribution in [3.05, 3.63) is 52.9 Å². The first-order chi connectivity index (χ1) is 9.65. The summed E-state index contributed by atoms with van der Waals surface area (Å²) in [6, 6.07) is 9.17. The van der Waals surface area contributed by atoms with Crippen molar-refractivity contribution in [2.75, 3.05) is 5.73 Å². The van der Waals surface area contributed by atoms with E-state index in [1.54, 1.807) is 12.3 Å². The van der Waals surface area contributed by atoms with Crippen LogP contribution in [0.5, 0.6) is 5.75 Å². The maximum Gasteiger partial charge on any atom is 0.175 e. The number of halogens is 1. The van der Waals surface area contributed by atoms with Crippen LogP contribution in [0.4, 0.5) is 5.69 Å². The van der Waals surface area contributed by atoms with E-state index in [2.05, 4.69) is 10.2 Å². The Morgan fingerprint density at radius 1 is 1.30 bits per heavy atom. The van der Waals surface area contributed by atoms with E-state index in [0.29, 0.717) is 22.3 Å². The molecule has 0 atom stereocenters. The van der Waals surface area contributed by atoms with Crippen LogP contribution < -0.4 is 10.5 Å². The van der Waals surface area contributed by atoms with Gasteiger partial charge in [0, 0.05) is 11.9 Å². The summed E-state index contributed by atoms with van der Waals surface area (Å²) in [6.45, 7) is 2.22. The summed E-state index contributed by atoms with van der Waals surface area (Å²) in [6.07, 6.45) is 1.79. The highest BCUT2D eigenvalue weighted by atomic mass is 35.5. The van der Waals surface area contributed by atoms with Gasteiger partial charge in [-0.25, -0.2) is 0 Å². The molecule has 3 rings (SSSR count). The van der Waals surface area contributed by atoms with Crippen LogP contribution in [0.15, 0.2) is 36.5 Å². The Bertz CT molecular complexity index is 769. The number of nitrogen functional groups attached to an aromatic ring is 1. The summed E-state index contributed by atoms with van der Waals surface area (Å²) in [5.74, 6) is 1.29. The Morgan fingerprint density at radius 2 is 2.10 bits per heavy atom. The molecule has 20 heavy (non-hydrogen) atoms. The number of benzene rings is 1. The van der Waals surface area contributed by atoms with Gasteiger partial charge in [0.1, 0.15) is 12.4 Å². The topological polar surface area (TPSA) is 65.4 Å². The van der Waals surface area contributed by atoms with Crippen molar-refractivity contribution in [1.82, 2.24) is 14.6 Å². The van der Waals surface area contributed by atoms with E-state index in [1.165, 1.54) is 0 Å². The van der Waals surface area contributed by atoms with Crippen molar-refractivity contribution < 1.29 is 4.74 Å². The second-order valence-corrected chi connectivity index (χ2v) is 4.89. The summed E-state index contributed by atoms with van der Waals surface area (Å²) in [4.78, 5) is 0. The molecule has 2 heterocycles. The standard InChI is InChI=1S/C14H13ClN4O/c1-9-6-10(16)7-19-13(17-18-14(9)19)8-20-12-5-3-2-4-11(12)15/h2-7H,8,16H2,1H3. The lowest BCUT2D eigenvalue weighted by Gasteiger charge is -2.07. The number of aromatic nitrogens is 3. The zero-order valence-electron chi connectivity index (χ0n) is 10.9. The maximum atomic E-state index is 6.05. The summed E-state index contributed by atoms with van der Waals surface area (Å²) in [7, 11) is 0. The van der Waals surface area contributed by atoms with E-state index < -0.39 is 0 Å². The number of hydrogen-bond donors (Lipinski definition) is 1. The number of ether oxygens (including phenoxy) is 1. The molecular weight excluding hydrogens is 276 g/mol. The molecule has 0 radical (unpaired) electrons. The van der Waals surface area contributed by atoms with E-state index in [4.69, 9.17) is 22.1 Å². The molecule has 102 valence electrons. The van der Waals surface area contributed by atoms with Crippen LogP contribution in [-0.2, 0) is 6.61 Å². The van der Waals surface area contributed by atoms with Crippen molar-refractivity contribution in [2.45, 2.75) is 13.5 Å². The Labute approximate surface area is 121 Å². The summed E-state index contributed by atoms with van der Waals surface area (Å²) < 4.78 is 7.51. The third kappa shape index (κ3) is 2.28. The van der Waals surface area contributed by atoms with Gasteiger partial charge in [-0.05, 0) is 30.7 Å². The smallest absolute Gasteiger partial charge is 0.175 e. The molecule has 0 bridgehead atoms. The highest BCUT2D eigenvalue weighted by molar-refractivity contribution is 6.32. The van der Waals surface area contributed by atoms with Crippen molar-refractivity contribution in [2.24, 2.45) is 0 Å². The first kappa shape index (κ1) is 12.7. The summed E-state index contributed by atoms with van der Waals surface area (Å²) in [5, 5.41) is 8.84. The number of aryl methyl sites for hydroxylation is 1. The molecule has 1 aromatic carbocycles. The van der Waals surface area contributed by atoms with Gasteiger partial charge in [-0.1, -0.05) is 23.7 Å². The Balaban J connectivity index is 1.90. The number of pyridine rings is 1. The highest BCUT2D eigenvalue weighted by Gasteiger charge is 2.10. The molecule has 0 amide bonds. The van der Waals surface area contributed by atoms with E-state index in [9.17, 15) is 0 Å². The van der Waals surface area contributed by atoms with Gasteiger partial charge in [-0.2, -0.15) is 0 Å². The number of nitrogens with zero attached hydrogens (tertiary/aromatic N) is 3. The Kier molecular flexibility index (Phi) is 3.20. The van der Waals surface area contributed by atoms with Crippen LogP contribution in [-0.4, -0.2) is 14.6 Å². The number of nitrogens with two attached hydrogens (primary N) is 1. The lowest BCUT2D eigenvalue weighted by atomic mass is 10.3. The minimum Gasteiger partial charge on any atom is -0.484 e. The SMILES string of the molecule is Cc1cc(N)cn2c(COc3ccccc3Cl)nnc12. The van der Waals surface area contributed by atoms with Crippen LogP contribution >= 0.6 is 11.6 Å². The van der Waals surface area contributed by atoms with Crippen molar-refractivity contribution in [1.29, 1.82) is 0 Å². The van der Waals surface area contributed by atoms with Gasteiger partial charge in [-0.3, -0.25) is 4.40 Å². The fourth-order valence-electron chi connectivity index (χ4n) is 2.03. The average Bonchev–Trinajstić information content (AvgIpc) is 2.81. The van der Waals surface area contributed by atoms with Crippen LogP contribution in [0, 0.1) is 6.92 Å². The van der Waals surface area contributed by atoms with Crippen molar-refractivity contribution in [3.8, 4) is 5.75 Å². The number of anilines is 1. The fourth-order valence-corrected chi connectivity index (χ4v) is 2.22. The number of hydrogen-bond acceptors (Lipinski definition) is 4. The third-order valence-corrected chi connectivity index (χ3v) is 3.29. The molecule has 0 aliphatic heterocycles.